The Morgan fingerprint density at radius 3 is 2.39 bits per heavy atom. The predicted molar refractivity (Wildman–Crippen MR) is 117 cm³/mol. The number of anilines is 1. The van der Waals surface area contributed by atoms with Crippen LogP contribution < -0.4 is 4.90 Å². The smallest absolute Gasteiger partial charge is 0.317 e. The summed E-state index contributed by atoms with van der Waals surface area (Å²) >= 11 is 1.79. The highest BCUT2D eigenvalue weighted by Crippen LogP contribution is 2.37. The van der Waals surface area contributed by atoms with E-state index in [0.717, 1.165) is 13.1 Å². The van der Waals surface area contributed by atoms with Crippen molar-refractivity contribution in [1.29, 1.82) is 0 Å². The van der Waals surface area contributed by atoms with Crippen LogP contribution in [-0.4, -0.2) is 47.7 Å². The highest BCUT2D eigenvalue weighted by molar-refractivity contribution is 7.99. The number of benzene rings is 2. The Bertz CT molecular complexity index is 807. The number of carbonyl (C=O) groups is 1. The van der Waals surface area contributed by atoms with Crippen LogP contribution in [0.5, 0.6) is 0 Å². The zero-order valence-electron chi connectivity index (χ0n) is 17.1. The van der Waals surface area contributed by atoms with Crippen molar-refractivity contribution in [2.24, 2.45) is 0 Å². The van der Waals surface area contributed by atoms with Crippen LogP contribution in [0.4, 0.5) is 5.69 Å². The van der Waals surface area contributed by atoms with Gasteiger partial charge in [-0.2, -0.15) is 0 Å². The number of para-hydroxylation sites is 1. The first kappa shape index (κ1) is 20.7. The van der Waals surface area contributed by atoms with Crippen LogP contribution in [0.1, 0.15) is 39.2 Å². The standard InChI is InChI=1S/C23H30N2O2S/c1-16(2)19-9-11-20(12-10-19)28-22-8-6-5-7-21(22)25-14-17(3)24(13-18(25)4)15-23(26)27/h5-12,16-18H,13-15H2,1-4H3,(H,26,27)/t17-,18+/m1/s1. The normalized spacial score (nSPS) is 20.5. The molecule has 3 rings (SSSR count). The van der Waals surface area contributed by atoms with Crippen molar-refractivity contribution in [3.63, 3.8) is 0 Å². The first-order valence-corrected chi connectivity index (χ1v) is 10.8. The van der Waals surface area contributed by atoms with Gasteiger partial charge in [-0.1, -0.05) is 49.9 Å². The summed E-state index contributed by atoms with van der Waals surface area (Å²) in [5.41, 5.74) is 2.59. The number of nitrogens with zero attached hydrogens (tertiary/aromatic N) is 2. The lowest BCUT2D eigenvalue weighted by molar-refractivity contribution is -0.139. The lowest BCUT2D eigenvalue weighted by Gasteiger charge is -2.45. The lowest BCUT2D eigenvalue weighted by Crippen LogP contribution is -2.57. The van der Waals surface area contributed by atoms with Gasteiger partial charge >= 0.3 is 5.97 Å². The number of rotatable bonds is 6. The predicted octanol–water partition coefficient (Wildman–Crippen LogP) is 4.94. The number of hydrogen-bond donors (Lipinski definition) is 1. The lowest BCUT2D eigenvalue weighted by atomic mass is 10.0. The zero-order chi connectivity index (χ0) is 20.3. The van der Waals surface area contributed by atoms with Gasteiger partial charge in [0.05, 0.1) is 12.2 Å². The van der Waals surface area contributed by atoms with Crippen molar-refractivity contribution in [3.8, 4) is 0 Å². The van der Waals surface area contributed by atoms with Gasteiger partial charge < -0.3 is 10.0 Å². The van der Waals surface area contributed by atoms with Crippen LogP contribution in [0, 0.1) is 0 Å². The number of hydrogen-bond acceptors (Lipinski definition) is 4. The molecular weight excluding hydrogens is 368 g/mol. The average molecular weight is 399 g/mol. The van der Waals surface area contributed by atoms with E-state index in [0.29, 0.717) is 5.92 Å². The first-order valence-electron chi connectivity index (χ1n) is 9.94. The van der Waals surface area contributed by atoms with E-state index in [9.17, 15) is 4.79 Å². The highest BCUT2D eigenvalue weighted by atomic mass is 32.2. The summed E-state index contributed by atoms with van der Waals surface area (Å²) < 4.78 is 0. The molecule has 1 heterocycles. The Kier molecular flexibility index (Phi) is 6.68. The summed E-state index contributed by atoms with van der Waals surface area (Å²) in [7, 11) is 0. The molecule has 1 aliphatic heterocycles. The molecule has 2 aromatic carbocycles. The summed E-state index contributed by atoms with van der Waals surface area (Å²) in [6.07, 6.45) is 0. The fraction of sp³-hybridized carbons (Fsp3) is 0.435. The van der Waals surface area contributed by atoms with Crippen LogP contribution in [0.15, 0.2) is 58.3 Å². The molecule has 1 fully saturated rings. The topological polar surface area (TPSA) is 43.8 Å². The van der Waals surface area contributed by atoms with E-state index < -0.39 is 5.97 Å². The number of aliphatic carboxylic acids is 1. The molecule has 0 aromatic heterocycles. The molecule has 1 N–H and O–H groups in total. The molecule has 0 amide bonds. The third kappa shape index (κ3) is 4.89. The number of carboxylic acids is 1. The third-order valence-electron chi connectivity index (χ3n) is 5.40. The maximum absolute atomic E-state index is 11.1. The van der Waals surface area contributed by atoms with Crippen LogP contribution in [0.3, 0.4) is 0 Å². The molecule has 1 aliphatic rings. The van der Waals surface area contributed by atoms with Gasteiger partial charge in [-0.3, -0.25) is 9.69 Å². The monoisotopic (exact) mass is 398 g/mol. The molecule has 0 aliphatic carbocycles. The van der Waals surface area contributed by atoms with E-state index in [1.807, 2.05) is 0 Å². The molecule has 2 aromatic rings. The minimum Gasteiger partial charge on any atom is -0.480 e. The van der Waals surface area contributed by atoms with Crippen LogP contribution in [0.25, 0.3) is 0 Å². The van der Waals surface area contributed by atoms with Crippen LogP contribution >= 0.6 is 11.8 Å². The molecule has 2 atom stereocenters. The second-order valence-corrected chi connectivity index (χ2v) is 9.08. The highest BCUT2D eigenvalue weighted by Gasteiger charge is 2.31. The Balaban J connectivity index is 1.79. The number of piperazine rings is 1. The zero-order valence-corrected chi connectivity index (χ0v) is 17.9. The third-order valence-corrected chi connectivity index (χ3v) is 6.48. The van der Waals surface area contributed by atoms with E-state index in [1.54, 1.807) is 11.8 Å². The van der Waals surface area contributed by atoms with Crippen molar-refractivity contribution in [1.82, 2.24) is 4.90 Å². The van der Waals surface area contributed by atoms with Gasteiger partial charge in [0.1, 0.15) is 0 Å². The molecule has 0 saturated carbocycles. The van der Waals surface area contributed by atoms with E-state index in [4.69, 9.17) is 5.11 Å². The van der Waals surface area contributed by atoms with Gasteiger partial charge in [0, 0.05) is 35.0 Å². The minimum absolute atomic E-state index is 0.109. The van der Waals surface area contributed by atoms with Gasteiger partial charge in [0.15, 0.2) is 0 Å². The molecule has 28 heavy (non-hydrogen) atoms. The second kappa shape index (κ2) is 9.01. The molecule has 5 heteroatoms. The molecule has 150 valence electrons. The maximum Gasteiger partial charge on any atom is 0.317 e. The molecule has 0 radical (unpaired) electrons. The minimum atomic E-state index is -0.756. The Morgan fingerprint density at radius 2 is 1.75 bits per heavy atom. The Morgan fingerprint density at radius 1 is 1.07 bits per heavy atom. The van der Waals surface area contributed by atoms with Crippen LogP contribution in [-0.2, 0) is 4.79 Å². The van der Waals surface area contributed by atoms with Crippen molar-refractivity contribution in [2.45, 2.75) is 55.5 Å². The molecule has 1 saturated heterocycles. The quantitative estimate of drug-likeness (QED) is 0.746. The summed E-state index contributed by atoms with van der Waals surface area (Å²) in [5, 5.41) is 9.16. The Hall–Kier alpha value is -1.98. The van der Waals surface area contributed by atoms with Gasteiger partial charge in [-0.05, 0) is 49.6 Å². The maximum atomic E-state index is 11.1. The average Bonchev–Trinajstić information content (AvgIpc) is 2.65. The SMILES string of the molecule is CC(C)c1ccc(Sc2ccccc2N2C[C@@H](C)N(CC(=O)O)C[C@@H]2C)cc1. The fourth-order valence-electron chi connectivity index (χ4n) is 3.76. The molecule has 0 unspecified atom stereocenters. The van der Waals surface area contributed by atoms with E-state index in [-0.39, 0.29) is 18.6 Å². The van der Waals surface area contributed by atoms with Crippen molar-refractivity contribution >= 4 is 23.4 Å². The summed E-state index contributed by atoms with van der Waals surface area (Å²) in [6, 6.07) is 17.8. The molecule has 0 spiro atoms. The largest absolute Gasteiger partial charge is 0.480 e. The summed E-state index contributed by atoms with van der Waals surface area (Å²) in [4.78, 5) is 18.1. The van der Waals surface area contributed by atoms with Gasteiger partial charge in [0.25, 0.3) is 0 Å². The van der Waals surface area contributed by atoms with Crippen molar-refractivity contribution in [2.75, 3.05) is 24.5 Å². The van der Waals surface area contributed by atoms with Crippen molar-refractivity contribution in [3.05, 3.63) is 54.1 Å². The van der Waals surface area contributed by atoms with E-state index in [1.165, 1.54) is 21.0 Å². The van der Waals surface area contributed by atoms with Gasteiger partial charge in [0.2, 0.25) is 0 Å². The number of carboxylic acid groups (broad SMARTS) is 1. The Labute approximate surface area is 172 Å². The molecule has 0 bridgehead atoms. The molecule has 4 nitrogen and oxygen atoms in total. The first-order chi connectivity index (χ1) is 13.3. The molecular formula is C23H30N2O2S. The summed E-state index contributed by atoms with van der Waals surface area (Å²) in [6.45, 7) is 10.4. The van der Waals surface area contributed by atoms with Crippen molar-refractivity contribution < 1.29 is 9.90 Å². The van der Waals surface area contributed by atoms with Gasteiger partial charge in [-0.15, -0.1) is 0 Å². The second-order valence-electron chi connectivity index (χ2n) is 7.97. The van der Waals surface area contributed by atoms with Crippen LogP contribution in [0.2, 0.25) is 0 Å². The van der Waals surface area contributed by atoms with E-state index in [2.05, 4.69) is 86.0 Å². The van der Waals surface area contributed by atoms with E-state index >= 15 is 0 Å². The summed E-state index contributed by atoms with van der Waals surface area (Å²) in [5.74, 6) is -0.218. The fourth-order valence-corrected chi connectivity index (χ4v) is 4.72. The van der Waals surface area contributed by atoms with Gasteiger partial charge in [-0.25, -0.2) is 0 Å².